The topological polar surface area (TPSA) is 30.8 Å². The van der Waals surface area contributed by atoms with Crippen molar-refractivity contribution in [2.75, 3.05) is 13.2 Å². The highest BCUT2D eigenvalue weighted by atomic mass is 16.5. The van der Waals surface area contributed by atoms with Crippen molar-refractivity contribution in [1.82, 2.24) is 0 Å². The van der Waals surface area contributed by atoms with E-state index in [1.807, 2.05) is 30.3 Å². The number of rotatable bonds is 4. The summed E-state index contributed by atoms with van der Waals surface area (Å²) in [7, 11) is 0. The Hall–Kier alpha value is -1.35. The number of aliphatic imine (C=N–C) groups is 1. The minimum absolute atomic E-state index is 0.124. The lowest BCUT2D eigenvalue weighted by Gasteiger charge is -2.06. The van der Waals surface area contributed by atoms with Crippen molar-refractivity contribution in [3.05, 3.63) is 35.9 Å². The molecule has 1 aromatic carbocycles. The second kappa shape index (κ2) is 4.77. The van der Waals surface area contributed by atoms with Gasteiger partial charge in [0, 0.05) is 0 Å². The Morgan fingerprint density at radius 1 is 1.43 bits per heavy atom. The van der Waals surface area contributed by atoms with Gasteiger partial charge in [0.25, 0.3) is 6.40 Å². The van der Waals surface area contributed by atoms with E-state index in [9.17, 15) is 0 Å². The maximum atomic E-state index is 5.49. The van der Waals surface area contributed by atoms with Crippen molar-refractivity contribution in [3.8, 4) is 0 Å². The minimum Gasteiger partial charge on any atom is -0.472 e. The van der Waals surface area contributed by atoms with Crippen molar-refractivity contribution < 1.29 is 9.47 Å². The maximum absolute atomic E-state index is 5.49. The summed E-state index contributed by atoms with van der Waals surface area (Å²) in [5.41, 5.74) is 1.18. The molecule has 0 fully saturated rings. The first kappa shape index (κ1) is 9.21. The fraction of sp³-hybridized carbons (Fsp3) is 0.364. The van der Waals surface area contributed by atoms with E-state index in [0.717, 1.165) is 0 Å². The molecule has 2 rings (SSSR count). The number of hydrogen-bond acceptors (Lipinski definition) is 3. The smallest absolute Gasteiger partial charge is 0.273 e. The van der Waals surface area contributed by atoms with Gasteiger partial charge < -0.3 is 9.47 Å². The van der Waals surface area contributed by atoms with Crippen LogP contribution < -0.4 is 0 Å². The zero-order valence-electron chi connectivity index (χ0n) is 7.85. The number of hydrogen-bond donors (Lipinski definition) is 0. The predicted molar refractivity (Wildman–Crippen MR) is 53.3 cm³/mol. The Morgan fingerprint density at radius 3 is 3.00 bits per heavy atom. The summed E-state index contributed by atoms with van der Waals surface area (Å²) in [5, 5.41) is 0. The third-order valence-corrected chi connectivity index (χ3v) is 2.00. The minimum atomic E-state index is 0.124. The van der Waals surface area contributed by atoms with E-state index in [0.29, 0.717) is 19.8 Å². The van der Waals surface area contributed by atoms with Gasteiger partial charge in [-0.1, -0.05) is 30.3 Å². The second-order valence-electron chi connectivity index (χ2n) is 3.19. The van der Waals surface area contributed by atoms with Gasteiger partial charge in [-0.05, 0) is 5.56 Å². The van der Waals surface area contributed by atoms with Gasteiger partial charge in [-0.2, -0.15) is 0 Å². The number of benzene rings is 1. The third kappa shape index (κ3) is 2.57. The lowest BCUT2D eigenvalue weighted by Crippen LogP contribution is -2.14. The molecule has 0 saturated carbocycles. The molecule has 1 aromatic rings. The fourth-order valence-electron chi connectivity index (χ4n) is 1.25. The molecule has 0 aliphatic carbocycles. The maximum Gasteiger partial charge on any atom is 0.273 e. The van der Waals surface area contributed by atoms with Crippen LogP contribution in [0.25, 0.3) is 0 Å². The molecule has 14 heavy (non-hydrogen) atoms. The summed E-state index contributed by atoms with van der Waals surface area (Å²) in [6.45, 7) is 1.82. The van der Waals surface area contributed by atoms with Crippen LogP contribution in [0.1, 0.15) is 5.56 Å². The molecule has 3 nitrogen and oxygen atoms in total. The van der Waals surface area contributed by atoms with Crippen molar-refractivity contribution in [2.45, 2.75) is 12.6 Å². The van der Waals surface area contributed by atoms with Gasteiger partial charge in [0.15, 0.2) is 0 Å². The van der Waals surface area contributed by atoms with Gasteiger partial charge in [-0.3, -0.25) is 0 Å². The zero-order valence-corrected chi connectivity index (χ0v) is 7.85. The lowest BCUT2D eigenvalue weighted by atomic mass is 10.2. The molecule has 1 radical (unpaired) electrons. The molecule has 1 unspecified atom stereocenters. The van der Waals surface area contributed by atoms with Crippen molar-refractivity contribution in [1.29, 1.82) is 0 Å². The molecular weight excluding hydrogens is 178 g/mol. The molecule has 1 aliphatic heterocycles. The Morgan fingerprint density at radius 2 is 2.29 bits per heavy atom. The normalized spacial score (nSPS) is 19.6. The van der Waals surface area contributed by atoms with Crippen LogP contribution in [0.3, 0.4) is 0 Å². The second-order valence-corrected chi connectivity index (χ2v) is 3.19. The molecular formula is C11H12NO2. The van der Waals surface area contributed by atoms with Crippen LogP contribution in [0.4, 0.5) is 0 Å². The van der Waals surface area contributed by atoms with Crippen molar-refractivity contribution in [3.63, 3.8) is 0 Å². The first-order chi connectivity index (χ1) is 6.95. The summed E-state index contributed by atoms with van der Waals surface area (Å²) in [5.74, 6) is 0. The molecule has 1 heterocycles. The molecule has 0 saturated heterocycles. The molecule has 0 spiro atoms. The number of nitrogens with zero attached hydrogens (tertiary/aromatic N) is 1. The highest BCUT2D eigenvalue weighted by Gasteiger charge is 2.11. The lowest BCUT2D eigenvalue weighted by molar-refractivity contribution is 0.101. The highest BCUT2D eigenvalue weighted by Crippen LogP contribution is 2.04. The summed E-state index contributed by atoms with van der Waals surface area (Å²) >= 11 is 0. The van der Waals surface area contributed by atoms with Gasteiger partial charge in [-0.15, -0.1) is 0 Å². The van der Waals surface area contributed by atoms with E-state index in [-0.39, 0.29) is 6.04 Å². The zero-order chi connectivity index (χ0) is 9.64. The van der Waals surface area contributed by atoms with Gasteiger partial charge in [0.05, 0.1) is 13.2 Å². The molecule has 0 N–H and O–H groups in total. The van der Waals surface area contributed by atoms with Crippen LogP contribution in [0.2, 0.25) is 0 Å². The summed E-state index contributed by atoms with van der Waals surface area (Å²) < 4.78 is 10.4. The van der Waals surface area contributed by atoms with E-state index in [4.69, 9.17) is 9.47 Å². The van der Waals surface area contributed by atoms with Gasteiger partial charge in [-0.25, -0.2) is 4.99 Å². The van der Waals surface area contributed by atoms with Crippen LogP contribution in [0.15, 0.2) is 35.3 Å². The Labute approximate surface area is 83.4 Å². The van der Waals surface area contributed by atoms with E-state index >= 15 is 0 Å². The Kier molecular flexibility index (Phi) is 3.14. The predicted octanol–water partition coefficient (Wildman–Crippen LogP) is 1.51. The van der Waals surface area contributed by atoms with Crippen LogP contribution in [0, 0.1) is 0 Å². The molecule has 0 aromatic heterocycles. The van der Waals surface area contributed by atoms with Crippen molar-refractivity contribution in [2.24, 2.45) is 4.99 Å². The van der Waals surface area contributed by atoms with Gasteiger partial charge in [0.1, 0.15) is 12.6 Å². The monoisotopic (exact) mass is 190 g/mol. The molecule has 0 amide bonds. The Balaban J connectivity index is 1.70. The number of ether oxygens (including phenoxy) is 2. The quantitative estimate of drug-likeness (QED) is 0.720. The summed E-state index contributed by atoms with van der Waals surface area (Å²) in [4.78, 5) is 3.97. The molecule has 3 heteroatoms. The molecule has 73 valence electrons. The van der Waals surface area contributed by atoms with E-state index in [1.54, 1.807) is 0 Å². The largest absolute Gasteiger partial charge is 0.472 e. The van der Waals surface area contributed by atoms with Gasteiger partial charge >= 0.3 is 0 Å². The average molecular weight is 190 g/mol. The summed E-state index contributed by atoms with van der Waals surface area (Å²) in [6, 6.07) is 10.2. The highest BCUT2D eigenvalue weighted by molar-refractivity contribution is 5.48. The van der Waals surface area contributed by atoms with Gasteiger partial charge in [0.2, 0.25) is 0 Å². The van der Waals surface area contributed by atoms with E-state index < -0.39 is 0 Å². The first-order valence-electron chi connectivity index (χ1n) is 4.63. The first-order valence-corrected chi connectivity index (χ1v) is 4.63. The molecule has 1 aliphatic rings. The van der Waals surface area contributed by atoms with E-state index in [2.05, 4.69) is 11.4 Å². The third-order valence-electron chi connectivity index (χ3n) is 2.00. The fourth-order valence-corrected chi connectivity index (χ4v) is 1.25. The SMILES string of the molecule is [C]1=NC(COCc2ccccc2)CO1. The molecule has 1 atom stereocenters. The van der Waals surface area contributed by atoms with Crippen LogP contribution in [-0.2, 0) is 16.1 Å². The van der Waals surface area contributed by atoms with Crippen LogP contribution in [0.5, 0.6) is 0 Å². The van der Waals surface area contributed by atoms with Crippen LogP contribution in [-0.4, -0.2) is 25.7 Å². The average Bonchev–Trinajstić information content (AvgIpc) is 2.72. The van der Waals surface area contributed by atoms with Crippen molar-refractivity contribution >= 4 is 6.40 Å². The standard InChI is InChI=1S/C11H12NO2/c1-2-4-10(5-3-1)6-13-7-11-8-14-9-12-11/h1-5,11H,6-8H2. The van der Waals surface area contributed by atoms with Crippen LogP contribution >= 0.6 is 0 Å². The molecule has 0 bridgehead atoms. The Bertz CT molecular complexity index is 297. The van der Waals surface area contributed by atoms with E-state index in [1.165, 1.54) is 5.56 Å². The summed E-state index contributed by atoms with van der Waals surface area (Å²) in [6.07, 6.45) is 2.47.